The van der Waals surface area contributed by atoms with E-state index in [-0.39, 0.29) is 6.61 Å². The maximum atomic E-state index is 8.72. The molecule has 17 heavy (non-hydrogen) atoms. The van der Waals surface area contributed by atoms with Crippen LogP contribution in [0.3, 0.4) is 0 Å². The summed E-state index contributed by atoms with van der Waals surface area (Å²) in [5.74, 6) is 0.354. The van der Waals surface area contributed by atoms with Gasteiger partial charge in [0.2, 0.25) is 0 Å². The number of rotatable bonds is 2. The van der Waals surface area contributed by atoms with Crippen LogP contribution in [0.25, 0.3) is 0 Å². The minimum atomic E-state index is -0.111. The van der Waals surface area contributed by atoms with Gasteiger partial charge in [0.15, 0.2) is 5.16 Å². The lowest BCUT2D eigenvalue weighted by Gasteiger charge is -2.12. The average molecular weight is 257 g/mol. The van der Waals surface area contributed by atoms with E-state index in [1.807, 2.05) is 6.26 Å². The molecule has 4 nitrogen and oxygen atoms in total. The Morgan fingerprint density at radius 2 is 1.94 bits per heavy atom. The fourth-order valence-corrected chi connectivity index (χ4v) is 0.971. The normalized spacial score (nSPS) is 10.7. The van der Waals surface area contributed by atoms with Crippen molar-refractivity contribution in [1.82, 2.24) is 9.97 Å². The fourth-order valence-electron chi connectivity index (χ4n) is 0.623. The molecule has 0 bridgehead atoms. The molecule has 0 radical (unpaired) electrons. The predicted octanol–water partition coefficient (Wildman–Crippen LogP) is 2.72. The van der Waals surface area contributed by atoms with Crippen LogP contribution in [0.15, 0.2) is 11.4 Å². The lowest BCUT2D eigenvalue weighted by Crippen LogP contribution is -2.00. The van der Waals surface area contributed by atoms with Gasteiger partial charge in [0.05, 0.1) is 6.61 Å². The maximum absolute atomic E-state index is 8.72. The Morgan fingerprint density at radius 1 is 1.41 bits per heavy atom. The lowest BCUT2D eigenvalue weighted by molar-refractivity contribution is 0.281. The van der Waals surface area contributed by atoms with E-state index in [0.717, 1.165) is 0 Å². The van der Waals surface area contributed by atoms with Crippen LogP contribution < -0.4 is 5.73 Å². The van der Waals surface area contributed by atoms with Gasteiger partial charge in [-0.25, -0.2) is 9.97 Å². The summed E-state index contributed by atoms with van der Waals surface area (Å²) in [5, 5.41) is 9.34. The molecule has 1 rings (SSSR count). The van der Waals surface area contributed by atoms with Gasteiger partial charge in [-0.05, 0) is 11.7 Å². The Bertz CT molecular complexity index is 337. The number of thioether (sulfide) groups is 1. The molecule has 1 aromatic heterocycles. The quantitative estimate of drug-likeness (QED) is 0.629. The van der Waals surface area contributed by atoms with Gasteiger partial charge in [0.1, 0.15) is 5.82 Å². The summed E-state index contributed by atoms with van der Waals surface area (Å²) in [4.78, 5) is 7.87. The molecule has 0 atom stereocenters. The number of aliphatic hydroxyl groups is 1. The molecule has 1 heterocycles. The van der Waals surface area contributed by atoms with E-state index >= 15 is 0 Å². The molecular formula is C12H23N3OS. The molecule has 0 amide bonds. The zero-order valence-electron chi connectivity index (χ0n) is 11.3. The number of hydrogen-bond donors (Lipinski definition) is 2. The highest BCUT2D eigenvalue weighted by molar-refractivity contribution is 7.98. The maximum Gasteiger partial charge on any atom is 0.189 e. The Balaban J connectivity index is 0.000000366. The van der Waals surface area contributed by atoms with Crippen LogP contribution >= 0.6 is 11.8 Å². The summed E-state index contributed by atoms with van der Waals surface area (Å²) >= 11 is 1.42. The zero-order chi connectivity index (χ0) is 13.5. The molecule has 0 saturated carbocycles. The van der Waals surface area contributed by atoms with E-state index in [4.69, 9.17) is 10.8 Å². The largest absolute Gasteiger partial charge is 0.391 e. The molecule has 0 saturated heterocycles. The molecule has 0 spiro atoms. The molecular weight excluding hydrogens is 234 g/mol. The predicted molar refractivity (Wildman–Crippen MR) is 73.9 cm³/mol. The van der Waals surface area contributed by atoms with Crippen molar-refractivity contribution < 1.29 is 5.11 Å². The van der Waals surface area contributed by atoms with Crippen LogP contribution in [0.1, 0.15) is 39.7 Å². The lowest BCUT2D eigenvalue weighted by atomic mass is 9.94. The van der Waals surface area contributed by atoms with E-state index in [9.17, 15) is 0 Å². The summed E-state index contributed by atoms with van der Waals surface area (Å²) in [6.45, 7) is 8.83. The highest BCUT2D eigenvalue weighted by Gasteiger charge is 2.03. The third-order valence-corrected chi connectivity index (χ3v) is 2.85. The van der Waals surface area contributed by atoms with Crippen LogP contribution in [0.5, 0.6) is 0 Å². The summed E-state index contributed by atoms with van der Waals surface area (Å²) < 4.78 is 0. The number of nitrogens with zero attached hydrogens (tertiary/aromatic N) is 2. The Kier molecular flexibility index (Phi) is 7.15. The van der Waals surface area contributed by atoms with Gasteiger partial charge in [-0.3, -0.25) is 0 Å². The summed E-state index contributed by atoms with van der Waals surface area (Å²) in [7, 11) is 0. The van der Waals surface area contributed by atoms with Crippen molar-refractivity contribution in [2.24, 2.45) is 5.41 Å². The van der Waals surface area contributed by atoms with Gasteiger partial charge in [-0.1, -0.05) is 45.9 Å². The molecule has 98 valence electrons. The van der Waals surface area contributed by atoms with Crippen molar-refractivity contribution in [2.45, 2.75) is 45.9 Å². The van der Waals surface area contributed by atoms with Crippen molar-refractivity contribution in [1.29, 1.82) is 0 Å². The first kappa shape index (κ1) is 16.2. The number of aliphatic hydroxyl groups excluding tert-OH is 1. The van der Waals surface area contributed by atoms with E-state index in [2.05, 4.69) is 37.7 Å². The second-order valence-corrected chi connectivity index (χ2v) is 5.61. The van der Waals surface area contributed by atoms with Crippen molar-refractivity contribution in [3.8, 4) is 0 Å². The van der Waals surface area contributed by atoms with Crippen molar-refractivity contribution in [3.05, 3.63) is 11.8 Å². The van der Waals surface area contributed by atoms with Crippen molar-refractivity contribution in [3.63, 3.8) is 0 Å². The molecule has 0 aliphatic carbocycles. The Hall–Kier alpha value is -0.810. The number of nitrogen functional groups attached to an aromatic ring is 1. The van der Waals surface area contributed by atoms with Gasteiger partial charge in [-0.15, -0.1) is 0 Å². The molecule has 0 fully saturated rings. The number of anilines is 1. The van der Waals surface area contributed by atoms with Gasteiger partial charge >= 0.3 is 0 Å². The smallest absolute Gasteiger partial charge is 0.189 e. The third-order valence-electron chi connectivity index (χ3n) is 2.29. The molecule has 5 heteroatoms. The summed E-state index contributed by atoms with van der Waals surface area (Å²) in [6.07, 6.45) is 4.68. The SMILES string of the molecule is CCC(C)(C)C.CSc1ncc(CO)c(N)n1. The minimum absolute atomic E-state index is 0.111. The Morgan fingerprint density at radius 3 is 2.24 bits per heavy atom. The number of aromatic nitrogens is 2. The molecule has 0 aromatic carbocycles. The van der Waals surface area contributed by atoms with Crippen LogP contribution in [0, 0.1) is 5.41 Å². The third kappa shape index (κ3) is 7.18. The zero-order valence-corrected chi connectivity index (χ0v) is 12.1. The molecule has 0 aliphatic heterocycles. The van der Waals surface area contributed by atoms with E-state index in [1.165, 1.54) is 24.4 Å². The standard InChI is InChI=1S/C6H9N3OS.C6H14/c1-11-6-8-2-4(3-10)5(7)9-6;1-5-6(2,3)4/h2,10H,3H2,1H3,(H2,7,8,9);5H2,1-4H3. The highest BCUT2D eigenvalue weighted by atomic mass is 32.2. The van der Waals surface area contributed by atoms with Crippen molar-refractivity contribution >= 4 is 17.6 Å². The monoisotopic (exact) mass is 257 g/mol. The topological polar surface area (TPSA) is 72.0 Å². The van der Waals surface area contributed by atoms with E-state index in [1.54, 1.807) is 0 Å². The molecule has 1 aromatic rings. The molecule has 3 N–H and O–H groups in total. The van der Waals surface area contributed by atoms with Gasteiger partial charge in [0.25, 0.3) is 0 Å². The van der Waals surface area contributed by atoms with Gasteiger partial charge < -0.3 is 10.8 Å². The van der Waals surface area contributed by atoms with E-state index in [0.29, 0.717) is 22.0 Å². The van der Waals surface area contributed by atoms with Gasteiger partial charge in [-0.2, -0.15) is 0 Å². The van der Waals surface area contributed by atoms with Crippen LogP contribution in [0.2, 0.25) is 0 Å². The average Bonchev–Trinajstić information content (AvgIpc) is 2.28. The molecule has 0 aliphatic rings. The van der Waals surface area contributed by atoms with Crippen LogP contribution in [0.4, 0.5) is 5.82 Å². The number of hydrogen-bond acceptors (Lipinski definition) is 5. The molecule has 0 unspecified atom stereocenters. The van der Waals surface area contributed by atoms with Gasteiger partial charge in [0, 0.05) is 11.8 Å². The highest BCUT2D eigenvalue weighted by Crippen LogP contribution is 2.16. The fraction of sp³-hybridized carbons (Fsp3) is 0.667. The van der Waals surface area contributed by atoms with Crippen molar-refractivity contribution in [2.75, 3.05) is 12.0 Å². The minimum Gasteiger partial charge on any atom is -0.391 e. The number of nitrogens with two attached hydrogens (primary N) is 1. The van der Waals surface area contributed by atoms with Crippen LogP contribution in [-0.2, 0) is 6.61 Å². The second kappa shape index (κ2) is 7.50. The first-order valence-electron chi connectivity index (χ1n) is 5.60. The summed E-state index contributed by atoms with van der Waals surface area (Å²) in [5.41, 5.74) is 6.60. The second-order valence-electron chi connectivity index (χ2n) is 4.84. The van der Waals surface area contributed by atoms with E-state index < -0.39 is 0 Å². The van der Waals surface area contributed by atoms with Crippen LogP contribution in [-0.4, -0.2) is 21.3 Å². The Labute approximate surface area is 108 Å². The first-order valence-corrected chi connectivity index (χ1v) is 6.82. The summed E-state index contributed by atoms with van der Waals surface area (Å²) in [6, 6.07) is 0. The first-order chi connectivity index (χ1) is 7.84.